The number of imidazole rings is 1. The van der Waals surface area contributed by atoms with Crippen molar-refractivity contribution in [2.45, 2.75) is 25.4 Å². The fourth-order valence-electron chi connectivity index (χ4n) is 2.18. The number of rotatable bonds is 8. The third-order valence-corrected chi connectivity index (χ3v) is 3.32. The highest BCUT2D eigenvalue weighted by Gasteiger charge is 2.11. The minimum atomic E-state index is -0.281. The van der Waals surface area contributed by atoms with Gasteiger partial charge in [-0.05, 0) is 18.4 Å². The number of carbonyl (C=O) groups is 1. The number of aliphatic hydroxyl groups excluding tert-OH is 1. The molecule has 3 N–H and O–H groups in total. The molecule has 2 aromatic rings. The average molecular weight is 302 g/mol. The Morgan fingerprint density at radius 2 is 2.14 bits per heavy atom. The number of urea groups is 1. The number of amides is 2. The zero-order chi connectivity index (χ0) is 15.6. The normalized spacial score (nSPS) is 11.9. The molecule has 118 valence electrons. The van der Waals surface area contributed by atoms with Crippen molar-refractivity contribution in [3.8, 4) is 0 Å². The molecule has 0 bridgehead atoms. The van der Waals surface area contributed by atoms with E-state index in [2.05, 4.69) is 15.6 Å². The number of aliphatic hydroxyl groups is 1. The van der Waals surface area contributed by atoms with E-state index in [1.165, 1.54) is 0 Å². The number of nitrogens with zero attached hydrogens (tertiary/aromatic N) is 2. The summed E-state index contributed by atoms with van der Waals surface area (Å²) >= 11 is 0. The van der Waals surface area contributed by atoms with Crippen LogP contribution in [0.2, 0.25) is 0 Å². The molecule has 2 rings (SSSR count). The van der Waals surface area contributed by atoms with Crippen molar-refractivity contribution in [1.82, 2.24) is 20.2 Å². The van der Waals surface area contributed by atoms with Crippen LogP contribution in [0, 0.1) is 0 Å². The molecule has 0 aliphatic heterocycles. The molecule has 2 amide bonds. The summed E-state index contributed by atoms with van der Waals surface area (Å²) < 4.78 is 1.96. The molecule has 1 atom stereocenters. The van der Waals surface area contributed by atoms with E-state index >= 15 is 0 Å². The number of aryl methyl sites for hydroxylation is 1. The van der Waals surface area contributed by atoms with Crippen LogP contribution in [0.4, 0.5) is 4.79 Å². The highest BCUT2D eigenvalue weighted by atomic mass is 16.3. The van der Waals surface area contributed by atoms with Crippen molar-refractivity contribution < 1.29 is 9.90 Å². The van der Waals surface area contributed by atoms with E-state index in [0.717, 1.165) is 18.5 Å². The second-order valence-electron chi connectivity index (χ2n) is 5.12. The second kappa shape index (κ2) is 8.84. The summed E-state index contributed by atoms with van der Waals surface area (Å²) in [5, 5.41) is 15.0. The van der Waals surface area contributed by atoms with Crippen molar-refractivity contribution in [3.05, 3.63) is 54.6 Å². The molecule has 22 heavy (non-hydrogen) atoms. The van der Waals surface area contributed by atoms with Crippen LogP contribution in [-0.4, -0.2) is 39.9 Å². The number of carbonyl (C=O) groups excluding carboxylic acids is 1. The first-order chi connectivity index (χ1) is 10.8. The van der Waals surface area contributed by atoms with E-state index in [1.54, 1.807) is 12.5 Å². The van der Waals surface area contributed by atoms with Crippen LogP contribution in [0.1, 0.15) is 12.0 Å². The summed E-state index contributed by atoms with van der Waals surface area (Å²) in [7, 11) is 0. The predicted octanol–water partition coefficient (Wildman–Crippen LogP) is 1.18. The lowest BCUT2D eigenvalue weighted by Gasteiger charge is -2.17. The van der Waals surface area contributed by atoms with Crippen molar-refractivity contribution in [3.63, 3.8) is 0 Å². The summed E-state index contributed by atoms with van der Waals surface area (Å²) in [6, 6.07) is 9.26. The Balaban J connectivity index is 1.66. The lowest BCUT2D eigenvalue weighted by molar-refractivity contribution is 0.215. The third kappa shape index (κ3) is 5.57. The van der Waals surface area contributed by atoms with Gasteiger partial charge in [-0.1, -0.05) is 30.3 Å². The zero-order valence-corrected chi connectivity index (χ0v) is 12.5. The first-order valence-corrected chi connectivity index (χ1v) is 7.43. The van der Waals surface area contributed by atoms with Crippen molar-refractivity contribution in [2.75, 3.05) is 13.2 Å². The van der Waals surface area contributed by atoms with Crippen molar-refractivity contribution >= 4 is 6.03 Å². The fourth-order valence-corrected chi connectivity index (χ4v) is 2.18. The maximum atomic E-state index is 11.8. The lowest BCUT2D eigenvalue weighted by atomic mass is 10.1. The van der Waals surface area contributed by atoms with Gasteiger partial charge in [-0.15, -0.1) is 0 Å². The lowest BCUT2D eigenvalue weighted by Crippen LogP contribution is -2.45. The summed E-state index contributed by atoms with van der Waals surface area (Å²) in [5.41, 5.74) is 1.09. The Kier molecular flexibility index (Phi) is 6.44. The van der Waals surface area contributed by atoms with E-state index in [1.807, 2.05) is 41.1 Å². The number of hydrogen-bond donors (Lipinski definition) is 3. The van der Waals surface area contributed by atoms with Gasteiger partial charge in [-0.2, -0.15) is 0 Å². The Hall–Kier alpha value is -2.34. The molecule has 1 heterocycles. The predicted molar refractivity (Wildman–Crippen MR) is 84.4 cm³/mol. The van der Waals surface area contributed by atoms with Crippen LogP contribution in [-0.2, 0) is 13.0 Å². The Bertz CT molecular complexity index is 543. The summed E-state index contributed by atoms with van der Waals surface area (Å²) in [6.07, 6.45) is 6.81. The average Bonchev–Trinajstić information content (AvgIpc) is 3.05. The fraction of sp³-hybridized carbons (Fsp3) is 0.375. The molecule has 0 saturated heterocycles. The van der Waals surface area contributed by atoms with Crippen LogP contribution >= 0.6 is 0 Å². The molecule has 0 saturated carbocycles. The number of aromatic nitrogens is 2. The van der Waals surface area contributed by atoms with Crippen LogP contribution in [0.25, 0.3) is 0 Å². The van der Waals surface area contributed by atoms with Crippen molar-refractivity contribution in [1.29, 1.82) is 0 Å². The van der Waals surface area contributed by atoms with E-state index in [0.29, 0.717) is 13.0 Å². The van der Waals surface area contributed by atoms with Crippen molar-refractivity contribution in [2.24, 2.45) is 0 Å². The standard InChI is InChI=1S/C16H22N4O2/c21-12-15(11-14-5-2-1-3-6-14)19-16(22)18-7-4-9-20-10-8-17-13-20/h1-3,5-6,8,10,13,15,21H,4,7,9,11-12H2,(H2,18,19,22). The number of nitrogens with one attached hydrogen (secondary N) is 2. The highest BCUT2D eigenvalue weighted by molar-refractivity contribution is 5.74. The highest BCUT2D eigenvalue weighted by Crippen LogP contribution is 2.02. The van der Waals surface area contributed by atoms with Gasteiger partial charge in [0.15, 0.2) is 0 Å². The third-order valence-electron chi connectivity index (χ3n) is 3.32. The molecule has 0 spiro atoms. The van der Waals surface area contributed by atoms with Crippen LogP contribution in [0.5, 0.6) is 0 Å². The molecular weight excluding hydrogens is 280 g/mol. The van der Waals surface area contributed by atoms with Crippen LogP contribution < -0.4 is 10.6 Å². The van der Waals surface area contributed by atoms with E-state index in [9.17, 15) is 9.90 Å². The molecule has 6 heteroatoms. The van der Waals surface area contributed by atoms with Gasteiger partial charge in [0.05, 0.1) is 19.0 Å². The van der Waals surface area contributed by atoms with Gasteiger partial charge in [-0.25, -0.2) is 9.78 Å². The number of hydrogen-bond acceptors (Lipinski definition) is 3. The van der Waals surface area contributed by atoms with Crippen LogP contribution in [0.15, 0.2) is 49.1 Å². The van der Waals surface area contributed by atoms with Gasteiger partial charge in [0.2, 0.25) is 0 Å². The van der Waals surface area contributed by atoms with Gasteiger partial charge in [-0.3, -0.25) is 0 Å². The quantitative estimate of drug-likeness (QED) is 0.641. The maximum Gasteiger partial charge on any atom is 0.315 e. The van der Waals surface area contributed by atoms with E-state index in [-0.39, 0.29) is 18.7 Å². The Labute approximate surface area is 130 Å². The largest absolute Gasteiger partial charge is 0.394 e. The Morgan fingerprint density at radius 1 is 1.32 bits per heavy atom. The SMILES string of the molecule is O=C(NCCCn1ccnc1)NC(CO)Cc1ccccc1. The van der Waals surface area contributed by atoms with Gasteiger partial charge in [0.1, 0.15) is 0 Å². The minimum absolute atomic E-state index is 0.0860. The molecular formula is C16H22N4O2. The Morgan fingerprint density at radius 3 is 2.82 bits per heavy atom. The molecule has 0 radical (unpaired) electrons. The first kappa shape index (κ1) is 16.0. The molecule has 1 unspecified atom stereocenters. The van der Waals surface area contributed by atoms with Gasteiger partial charge in [0.25, 0.3) is 0 Å². The molecule has 0 aliphatic rings. The maximum absolute atomic E-state index is 11.8. The molecule has 1 aromatic heterocycles. The summed E-state index contributed by atoms with van der Waals surface area (Å²) in [4.78, 5) is 15.8. The summed E-state index contributed by atoms with van der Waals surface area (Å²) in [5.74, 6) is 0. The van der Waals surface area contributed by atoms with Gasteiger partial charge >= 0.3 is 6.03 Å². The van der Waals surface area contributed by atoms with Crippen LogP contribution in [0.3, 0.4) is 0 Å². The summed E-state index contributed by atoms with van der Waals surface area (Å²) in [6.45, 7) is 1.30. The molecule has 0 aliphatic carbocycles. The molecule has 0 fully saturated rings. The molecule has 1 aromatic carbocycles. The van der Waals surface area contributed by atoms with E-state index < -0.39 is 0 Å². The minimum Gasteiger partial charge on any atom is -0.394 e. The first-order valence-electron chi connectivity index (χ1n) is 7.43. The second-order valence-corrected chi connectivity index (χ2v) is 5.12. The topological polar surface area (TPSA) is 79.2 Å². The van der Waals surface area contributed by atoms with Gasteiger partial charge in [0, 0.05) is 25.5 Å². The van der Waals surface area contributed by atoms with Gasteiger partial charge < -0.3 is 20.3 Å². The number of benzene rings is 1. The smallest absolute Gasteiger partial charge is 0.315 e. The van der Waals surface area contributed by atoms with E-state index in [4.69, 9.17) is 0 Å². The monoisotopic (exact) mass is 302 g/mol. The molecule has 6 nitrogen and oxygen atoms in total. The zero-order valence-electron chi connectivity index (χ0n) is 12.5.